The molecule has 140 valence electrons. The van der Waals surface area contributed by atoms with Crippen LogP contribution in [0.3, 0.4) is 0 Å². The van der Waals surface area contributed by atoms with Crippen molar-refractivity contribution in [2.75, 3.05) is 7.11 Å². The van der Waals surface area contributed by atoms with Gasteiger partial charge in [-0.1, -0.05) is 11.6 Å². The summed E-state index contributed by atoms with van der Waals surface area (Å²) in [4.78, 5) is 23.9. The molecule has 0 atom stereocenters. The third-order valence-corrected chi connectivity index (χ3v) is 4.38. The number of ether oxygens (including phenoxy) is 1. The van der Waals surface area contributed by atoms with Gasteiger partial charge in [0.25, 0.3) is 5.91 Å². The molecule has 0 saturated carbocycles. The monoisotopic (exact) mass is 395 g/mol. The molecule has 1 heterocycles. The summed E-state index contributed by atoms with van der Waals surface area (Å²) in [5, 5.41) is 0.488. The number of alkyl halides is 3. The average Bonchev–Trinajstić information content (AvgIpc) is 2.96. The van der Waals surface area contributed by atoms with Gasteiger partial charge in [-0.15, -0.1) is 0 Å². The maximum Gasteiger partial charge on any atom is 0.432 e. The van der Waals surface area contributed by atoms with E-state index >= 15 is 0 Å². The molecule has 0 spiro atoms. The van der Waals surface area contributed by atoms with Gasteiger partial charge in [0.2, 0.25) is 0 Å². The minimum Gasteiger partial charge on any atom is -0.497 e. The molecule has 2 aromatic carbocycles. The van der Waals surface area contributed by atoms with E-state index in [0.717, 1.165) is 0 Å². The Kier molecular flexibility index (Phi) is 4.97. The predicted octanol–water partition coefficient (Wildman–Crippen LogP) is 4.75. The molecule has 4 nitrogen and oxygen atoms in total. The van der Waals surface area contributed by atoms with E-state index in [1.165, 1.54) is 49.6 Å². The Bertz CT molecular complexity index is 1020. The van der Waals surface area contributed by atoms with Crippen molar-refractivity contribution >= 4 is 34.7 Å². The Morgan fingerprint density at radius 3 is 2.41 bits per heavy atom. The summed E-state index contributed by atoms with van der Waals surface area (Å²) >= 11 is 5.79. The van der Waals surface area contributed by atoms with Gasteiger partial charge in [0.15, 0.2) is 0 Å². The molecular formula is C19H13ClF3NO3. The zero-order valence-corrected chi connectivity index (χ0v) is 14.8. The number of carbonyl (C=O) groups excluding carboxylic acids is 2. The molecule has 0 aliphatic rings. The second kappa shape index (κ2) is 7.08. The molecular weight excluding hydrogens is 383 g/mol. The first kappa shape index (κ1) is 19.0. The summed E-state index contributed by atoms with van der Waals surface area (Å²) in [7, 11) is 1.38. The van der Waals surface area contributed by atoms with Gasteiger partial charge in [0.1, 0.15) is 17.7 Å². The number of fused-ring (bicyclic) bond motifs is 1. The summed E-state index contributed by atoms with van der Waals surface area (Å²) in [5.74, 6) is -0.550. The van der Waals surface area contributed by atoms with Crippen LogP contribution < -0.4 is 4.74 Å². The number of rotatable bonds is 4. The highest BCUT2D eigenvalue weighted by Gasteiger charge is 2.40. The molecule has 0 radical (unpaired) electrons. The summed E-state index contributed by atoms with van der Waals surface area (Å²) in [6.45, 7) is 0. The van der Waals surface area contributed by atoms with Crippen molar-refractivity contribution in [2.45, 2.75) is 12.6 Å². The Morgan fingerprint density at radius 1 is 1.19 bits per heavy atom. The van der Waals surface area contributed by atoms with Crippen molar-refractivity contribution < 1.29 is 27.5 Å². The summed E-state index contributed by atoms with van der Waals surface area (Å²) in [6.07, 6.45) is -4.95. The van der Waals surface area contributed by atoms with E-state index in [0.29, 0.717) is 21.6 Å². The molecule has 27 heavy (non-hydrogen) atoms. The number of hydrogen-bond donors (Lipinski definition) is 0. The van der Waals surface area contributed by atoms with Crippen LogP contribution in [-0.4, -0.2) is 23.9 Å². The van der Waals surface area contributed by atoms with E-state index in [2.05, 4.69) is 0 Å². The van der Waals surface area contributed by atoms with Gasteiger partial charge in [-0.2, -0.15) is 13.2 Å². The topological polar surface area (TPSA) is 48.3 Å². The third-order valence-electron chi connectivity index (χ3n) is 4.13. The van der Waals surface area contributed by atoms with Crippen LogP contribution in [0.15, 0.2) is 42.5 Å². The van der Waals surface area contributed by atoms with Gasteiger partial charge < -0.3 is 9.53 Å². The van der Waals surface area contributed by atoms with Crippen molar-refractivity contribution in [3.05, 3.63) is 64.3 Å². The average molecular weight is 396 g/mol. The van der Waals surface area contributed by atoms with Crippen molar-refractivity contribution in [1.29, 1.82) is 0 Å². The molecule has 0 unspecified atom stereocenters. The first-order valence-electron chi connectivity index (χ1n) is 7.80. The van der Waals surface area contributed by atoms with Crippen molar-refractivity contribution in [1.82, 2.24) is 4.57 Å². The number of benzene rings is 2. The zero-order valence-electron chi connectivity index (χ0n) is 14.0. The Balaban J connectivity index is 2.37. The largest absolute Gasteiger partial charge is 0.497 e. The van der Waals surface area contributed by atoms with Crippen LogP contribution in [0, 0.1) is 0 Å². The smallest absolute Gasteiger partial charge is 0.432 e. The summed E-state index contributed by atoms with van der Waals surface area (Å²) < 4.78 is 47.2. The molecule has 0 fully saturated rings. The lowest BCUT2D eigenvalue weighted by atomic mass is 10.1. The molecule has 8 heteroatoms. The third kappa shape index (κ3) is 3.42. The van der Waals surface area contributed by atoms with Crippen molar-refractivity contribution in [3.63, 3.8) is 0 Å². The fourth-order valence-corrected chi connectivity index (χ4v) is 3.11. The fourth-order valence-electron chi connectivity index (χ4n) is 2.98. The van der Waals surface area contributed by atoms with Crippen LogP contribution in [-0.2, 0) is 17.4 Å². The molecule has 3 rings (SSSR count). The van der Waals surface area contributed by atoms with Gasteiger partial charge in [-0.25, -0.2) is 0 Å². The second-order valence-corrected chi connectivity index (χ2v) is 6.16. The zero-order chi connectivity index (χ0) is 19.8. The van der Waals surface area contributed by atoms with E-state index in [-0.39, 0.29) is 22.0 Å². The number of carbonyl (C=O) groups is 2. The minimum absolute atomic E-state index is 0.0373. The SMILES string of the molecule is COc1ccc2c(c1)c(CC=O)c(C(F)(F)F)n2C(=O)c1ccc(Cl)cc1. The van der Waals surface area contributed by atoms with Crippen LogP contribution in [0.5, 0.6) is 5.75 Å². The Labute approximate surface area is 157 Å². The normalized spacial score (nSPS) is 11.6. The van der Waals surface area contributed by atoms with Crippen LogP contribution in [0.1, 0.15) is 21.6 Å². The van der Waals surface area contributed by atoms with Crippen LogP contribution in [0.2, 0.25) is 5.02 Å². The molecule has 0 amide bonds. The minimum atomic E-state index is -4.84. The molecule has 0 bridgehead atoms. The van der Waals surface area contributed by atoms with Crippen molar-refractivity contribution in [3.8, 4) is 5.75 Å². The number of methoxy groups -OCH3 is 1. The van der Waals surface area contributed by atoms with E-state index in [9.17, 15) is 22.8 Å². The first-order valence-corrected chi connectivity index (χ1v) is 8.18. The lowest BCUT2D eigenvalue weighted by molar-refractivity contribution is -0.142. The lowest BCUT2D eigenvalue weighted by Gasteiger charge is -2.13. The highest BCUT2D eigenvalue weighted by Crippen LogP contribution is 2.40. The number of halogens is 4. The number of nitrogens with zero attached hydrogens (tertiary/aromatic N) is 1. The first-order chi connectivity index (χ1) is 12.8. The maximum absolute atomic E-state index is 13.9. The van der Waals surface area contributed by atoms with Crippen LogP contribution >= 0.6 is 11.6 Å². The molecule has 0 aliphatic carbocycles. The lowest BCUT2D eigenvalue weighted by Crippen LogP contribution is -2.22. The van der Waals surface area contributed by atoms with Gasteiger partial charge in [-0.3, -0.25) is 9.36 Å². The number of aldehydes is 1. The van der Waals surface area contributed by atoms with E-state index in [1.54, 1.807) is 0 Å². The highest BCUT2D eigenvalue weighted by atomic mass is 35.5. The van der Waals surface area contributed by atoms with E-state index in [1.807, 2.05) is 0 Å². The molecule has 1 aromatic heterocycles. The van der Waals surface area contributed by atoms with Gasteiger partial charge in [0.05, 0.1) is 12.6 Å². The maximum atomic E-state index is 13.9. The van der Waals surface area contributed by atoms with Gasteiger partial charge >= 0.3 is 6.18 Å². The van der Waals surface area contributed by atoms with Gasteiger partial charge in [0, 0.05) is 22.4 Å². The molecule has 0 N–H and O–H groups in total. The summed E-state index contributed by atoms with van der Waals surface area (Å²) in [6, 6.07) is 9.74. The molecule has 0 aliphatic heterocycles. The highest BCUT2D eigenvalue weighted by molar-refractivity contribution is 6.30. The standard InChI is InChI=1S/C19H13ClF3NO3/c1-27-13-6-7-16-15(10-13)14(8-9-25)17(19(21,22)23)24(16)18(26)11-2-4-12(20)5-3-11/h2-7,9-10H,8H2,1H3. The second-order valence-electron chi connectivity index (χ2n) is 5.73. The van der Waals surface area contributed by atoms with E-state index in [4.69, 9.17) is 16.3 Å². The quantitative estimate of drug-likeness (QED) is 0.599. The Hall–Kier alpha value is -2.80. The van der Waals surface area contributed by atoms with Crippen LogP contribution in [0.25, 0.3) is 10.9 Å². The molecule has 0 saturated heterocycles. The summed E-state index contributed by atoms with van der Waals surface area (Å²) in [5.41, 5.74) is -1.36. The van der Waals surface area contributed by atoms with E-state index < -0.39 is 24.2 Å². The van der Waals surface area contributed by atoms with Crippen molar-refractivity contribution in [2.24, 2.45) is 0 Å². The molecule has 3 aromatic rings. The van der Waals surface area contributed by atoms with Gasteiger partial charge in [-0.05, 0) is 48.0 Å². The number of aromatic nitrogens is 1. The number of hydrogen-bond acceptors (Lipinski definition) is 3. The van der Waals surface area contributed by atoms with Crippen LogP contribution in [0.4, 0.5) is 13.2 Å². The Morgan fingerprint density at radius 2 is 1.85 bits per heavy atom. The predicted molar refractivity (Wildman–Crippen MR) is 94.4 cm³/mol. The fraction of sp³-hybridized carbons (Fsp3) is 0.158.